The summed E-state index contributed by atoms with van der Waals surface area (Å²) in [5.74, 6) is -0.377. The lowest BCUT2D eigenvalue weighted by Gasteiger charge is -2.27. The van der Waals surface area contributed by atoms with Gasteiger partial charge in [-0.3, -0.25) is 15.0 Å². The van der Waals surface area contributed by atoms with Gasteiger partial charge < -0.3 is 10.6 Å². The van der Waals surface area contributed by atoms with E-state index in [1.807, 2.05) is 24.4 Å². The molecule has 0 spiro atoms. The number of halogens is 2. The summed E-state index contributed by atoms with van der Waals surface area (Å²) in [5, 5.41) is 14.3. The monoisotopic (exact) mass is 451 g/mol. The van der Waals surface area contributed by atoms with Crippen LogP contribution in [0.4, 0.5) is 10.1 Å². The van der Waals surface area contributed by atoms with Crippen LogP contribution in [0.2, 0.25) is 5.02 Å². The van der Waals surface area contributed by atoms with Crippen molar-refractivity contribution >= 4 is 28.3 Å². The second-order valence-electron chi connectivity index (χ2n) is 7.76. The van der Waals surface area contributed by atoms with Crippen LogP contribution >= 0.6 is 11.6 Å². The van der Waals surface area contributed by atoms with E-state index in [4.69, 9.17) is 16.6 Å². The number of rotatable bonds is 6. The van der Waals surface area contributed by atoms with Crippen LogP contribution in [0, 0.1) is 5.82 Å². The van der Waals surface area contributed by atoms with Crippen molar-refractivity contribution in [1.82, 2.24) is 30.4 Å². The molecule has 0 atom stereocenters. The highest BCUT2D eigenvalue weighted by molar-refractivity contribution is 6.30. The Morgan fingerprint density at radius 3 is 2.78 bits per heavy atom. The molecule has 1 aromatic carbocycles. The van der Waals surface area contributed by atoms with Crippen molar-refractivity contribution in [2.75, 3.05) is 44.6 Å². The molecule has 0 unspecified atom stereocenters. The number of pyridine rings is 2. The van der Waals surface area contributed by atoms with Gasteiger partial charge in [0, 0.05) is 55.4 Å². The summed E-state index contributed by atoms with van der Waals surface area (Å²) in [6, 6.07) is 10.2. The van der Waals surface area contributed by atoms with Gasteiger partial charge in [0.05, 0.1) is 40.5 Å². The third-order valence-corrected chi connectivity index (χ3v) is 5.85. The highest BCUT2D eigenvalue weighted by atomic mass is 35.5. The lowest BCUT2D eigenvalue weighted by Crippen LogP contribution is -2.45. The van der Waals surface area contributed by atoms with Gasteiger partial charge in [-0.1, -0.05) is 11.6 Å². The standard InChI is InChI=1S/C23H23ClFN7/c24-15-1-2-19(25)17(11-15)23-18(14-29-31-23)20-3-4-21-22(30-20)12-16(13-28-21)27-7-10-32-8-5-26-6-9-32/h1-4,11-14,26-27H,5-10H2,(H,29,31). The van der Waals surface area contributed by atoms with Crippen LogP contribution in [0.15, 0.2) is 48.8 Å². The summed E-state index contributed by atoms with van der Waals surface area (Å²) in [6.45, 7) is 6.05. The van der Waals surface area contributed by atoms with E-state index in [9.17, 15) is 4.39 Å². The van der Waals surface area contributed by atoms with Gasteiger partial charge >= 0.3 is 0 Å². The van der Waals surface area contributed by atoms with E-state index in [1.165, 1.54) is 12.1 Å². The summed E-state index contributed by atoms with van der Waals surface area (Å²) < 4.78 is 14.4. The zero-order valence-electron chi connectivity index (χ0n) is 17.4. The van der Waals surface area contributed by atoms with E-state index in [0.717, 1.165) is 56.0 Å². The fourth-order valence-electron chi connectivity index (χ4n) is 3.92. The number of nitrogens with one attached hydrogen (secondary N) is 3. The van der Waals surface area contributed by atoms with Crippen LogP contribution in [0.3, 0.4) is 0 Å². The first kappa shape index (κ1) is 20.8. The predicted molar refractivity (Wildman–Crippen MR) is 125 cm³/mol. The molecule has 1 saturated heterocycles. The maximum Gasteiger partial charge on any atom is 0.132 e. The minimum Gasteiger partial charge on any atom is -0.382 e. The van der Waals surface area contributed by atoms with E-state index >= 15 is 0 Å². The molecule has 4 aromatic rings. The molecule has 9 heteroatoms. The van der Waals surface area contributed by atoms with E-state index in [1.54, 1.807) is 12.3 Å². The molecule has 5 rings (SSSR count). The smallest absolute Gasteiger partial charge is 0.132 e. The minimum absolute atomic E-state index is 0.355. The van der Waals surface area contributed by atoms with E-state index < -0.39 is 0 Å². The highest BCUT2D eigenvalue weighted by Gasteiger charge is 2.16. The number of fused-ring (bicyclic) bond motifs is 1. The molecule has 1 aliphatic rings. The van der Waals surface area contributed by atoms with Crippen LogP contribution in [0.25, 0.3) is 33.5 Å². The molecular formula is C23H23ClFN7. The lowest BCUT2D eigenvalue weighted by molar-refractivity contribution is 0.249. The molecule has 0 bridgehead atoms. The molecule has 164 valence electrons. The normalized spacial score (nSPS) is 14.7. The predicted octanol–water partition coefficient (Wildman–Crippen LogP) is 3.80. The molecule has 32 heavy (non-hydrogen) atoms. The first-order valence-corrected chi connectivity index (χ1v) is 11.0. The van der Waals surface area contributed by atoms with Gasteiger partial charge in [-0.05, 0) is 36.4 Å². The highest BCUT2D eigenvalue weighted by Crippen LogP contribution is 2.33. The lowest BCUT2D eigenvalue weighted by atomic mass is 10.0. The molecule has 7 nitrogen and oxygen atoms in total. The Labute approximate surface area is 190 Å². The fourth-order valence-corrected chi connectivity index (χ4v) is 4.09. The molecule has 4 heterocycles. The van der Waals surface area contributed by atoms with Crippen molar-refractivity contribution in [3.8, 4) is 22.5 Å². The van der Waals surface area contributed by atoms with Crippen molar-refractivity contribution in [2.45, 2.75) is 0 Å². The van der Waals surface area contributed by atoms with Gasteiger partial charge in [0.25, 0.3) is 0 Å². The number of aromatic nitrogens is 4. The maximum absolute atomic E-state index is 14.4. The third kappa shape index (κ3) is 4.43. The summed E-state index contributed by atoms with van der Waals surface area (Å²) in [7, 11) is 0. The molecule has 0 saturated carbocycles. The number of anilines is 1. The molecular weight excluding hydrogens is 429 g/mol. The quantitative estimate of drug-likeness (QED) is 0.413. The van der Waals surface area contributed by atoms with Crippen LogP contribution in [-0.2, 0) is 0 Å². The Morgan fingerprint density at radius 2 is 1.91 bits per heavy atom. The van der Waals surface area contributed by atoms with Crippen LogP contribution in [0.5, 0.6) is 0 Å². The van der Waals surface area contributed by atoms with Gasteiger partial charge in [0.2, 0.25) is 0 Å². The summed E-state index contributed by atoms with van der Waals surface area (Å²) in [6.07, 6.45) is 3.47. The molecule has 3 aromatic heterocycles. The second-order valence-corrected chi connectivity index (χ2v) is 8.20. The van der Waals surface area contributed by atoms with Crippen molar-refractivity contribution in [3.63, 3.8) is 0 Å². The maximum atomic E-state index is 14.4. The van der Waals surface area contributed by atoms with E-state index in [2.05, 4.69) is 30.7 Å². The number of H-pyrrole nitrogens is 1. The molecule has 0 radical (unpaired) electrons. The molecule has 3 N–H and O–H groups in total. The number of nitrogens with zero attached hydrogens (tertiary/aromatic N) is 4. The summed E-state index contributed by atoms with van der Waals surface area (Å²) in [4.78, 5) is 11.7. The largest absolute Gasteiger partial charge is 0.382 e. The molecule has 1 aliphatic heterocycles. The van der Waals surface area contributed by atoms with Gasteiger partial charge in [-0.25, -0.2) is 9.37 Å². The van der Waals surface area contributed by atoms with Crippen molar-refractivity contribution in [2.24, 2.45) is 0 Å². The van der Waals surface area contributed by atoms with Gasteiger partial charge in [-0.15, -0.1) is 0 Å². The average Bonchev–Trinajstić information content (AvgIpc) is 3.31. The topological polar surface area (TPSA) is 81.8 Å². The molecule has 0 amide bonds. The number of hydrogen-bond donors (Lipinski definition) is 3. The number of piperazine rings is 1. The zero-order chi connectivity index (χ0) is 21.9. The van der Waals surface area contributed by atoms with Crippen molar-refractivity contribution < 1.29 is 4.39 Å². The third-order valence-electron chi connectivity index (χ3n) is 5.62. The van der Waals surface area contributed by atoms with Crippen molar-refractivity contribution in [3.05, 3.63) is 59.6 Å². The molecule has 1 fully saturated rings. The Hall–Kier alpha value is -3.07. The number of benzene rings is 1. The van der Waals surface area contributed by atoms with E-state index in [0.29, 0.717) is 27.5 Å². The van der Waals surface area contributed by atoms with Crippen LogP contribution < -0.4 is 10.6 Å². The molecule has 0 aliphatic carbocycles. The SMILES string of the molecule is Fc1ccc(Cl)cc1-c1[nH]ncc1-c1ccc2ncc(NCCN3CCNCC3)cc2n1. The minimum atomic E-state index is -0.377. The van der Waals surface area contributed by atoms with Gasteiger partial charge in [0.15, 0.2) is 0 Å². The number of hydrogen-bond acceptors (Lipinski definition) is 6. The first-order chi connectivity index (χ1) is 15.7. The average molecular weight is 452 g/mol. The summed E-state index contributed by atoms with van der Waals surface area (Å²) >= 11 is 6.08. The van der Waals surface area contributed by atoms with Gasteiger partial charge in [0.1, 0.15) is 5.82 Å². The first-order valence-electron chi connectivity index (χ1n) is 10.6. The van der Waals surface area contributed by atoms with Gasteiger partial charge in [-0.2, -0.15) is 5.10 Å². The Bertz CT molecular complexity index is 1240. The second kappa shape index (κ2) is 9.20. The van der Waals surface area contributed by atoms with Crippen LogP contribution in [0.1, 0.15) is 0 Å². The Balaban J connectivity index is 1.39. The van der Waals surface area contributed by atoms with Crippen LogP contribution in [-0.4, -0.2) is 64.3 Å². The van der Waals surface area contributed by atoms with Crippen molar-refractivity contribution in [1.29, 1.82) is 0 Å². The Kier molecular flexibility index (Phi) is 5.98. The summed E-state index contributed by atoms with van der Waals surface area (Å²) in [5.41, 5.74) is 4.74. The number of aromatic amines is 1. The van der Waals surface area contributed by atoms with E-state index in [-0.39, 0.29) is 5.82 Å². The Morgan fingerprint density at radius 1 is 1.03 bits per heavy atom. The fraction of sp³-hybridized carbons (Fsp3) is 0.261. The zero-order valence-corrected chi connectivity index (χ0v) is 18.2.